The Balaban J connectivity index is 1.69. The fourth-order valence-electron chi connectivity index (χ4n) is 8.19. The van der Waals surface area contributed by atoms with Gasteiger partial charge in [-0.1, -0.05) is 20.8 Å². The van der Waals surface area contributed by atoms with Gasteiger partial charge in [-0.25, -0.2) is 14.9 Å². The molecule has 0 saturated heterocycles. The zero-order valence-corrected chi connectivity index (χ0v) is 27.0. The number of hydrogen-bond donors (Lipinski definition) is 2. The lowest BCUT2D eigenvalue weighted by molar-refractivity contribution is -0.142. The minimum atomic E-state index is -1.25. The van der Waals surface area contributed by atoms with E-state index in [4.69, 9.17) is 14.7 Å². The number of aromatic nitrogens is 2. The Morgan fingerprint density at radius 3 is 2.30 bits per heavy atom. The molecule has 46 heavy (non-hydrogen) atoms. The number of Topliss-reactive ketones (excluding diaryl/α,β-unsaturated/α-hetero) is 2. The number of carbonyl (C=O) groups excluding carboxylic acids is 3. The fraction of sp³-hybridized carbons (Fsp3) is 0.429. The summed E-state index contributed by atoms with van der Waals surface area (Å²) in [7, 11) is 1.26. The molecular formula is C35H37N5O6. The van der Waals surface area contributed by atoms with E-state index in [9.17, 15) is 24.3 Å². The smallest absolute Gasteiger partial charge is 0.321 e. The third-order valence-corrected chi connectivity index (χ3v) is 10.6. The molecule has 238 valence electrons. The van der Waals surface area contributed by atoms with Crippen molar-refractivity contribution in [1.29, 1.82) is 0 Å². The molecule has 0 saturated carbocycles. The summed E-state index contributed by atoms with van der Waals surface area (Å²) >= 11 is 0. The molecule has 2 N–H and O–H groups in total. The predicted molar refractivity (Wildman–Crippen MR) is 173 cm³/mol. The van der Waals surface area contributed by atoms with E-state index < -0.39 is 17.9 Å². The lowest BCUT2D eigenvalue weighted by Crippen LogP contribution is -2.41. The Kier molecular flexibility index (Phi) is 6.73. The number of ether oxygens (including phenoxy) is 1. The van der Waals surface area contributed by atoms with Crippen LogP contribution in [0.4, 0.5) is 0 Å². The van der Waals surface area contributed by atoms with Gasteiger partial charge in [0.15, 0.2) is 11.6 Å². The molecule has 4 aliphatic heterocycles. The highest BCUT2D eigenvalue weighted by atomic mass is 16.5. The highest BCUT2D eigenvalue weighted by Crippen LogP contribution is 2.49. The Hall–Kier alpha value is -4.80. The molecule has 2 aromatic rings. The van der Waals surface area contributed by atoms with Crippen LogP contribution < -0.4 is 16.2 Å². The third-order valence-electron chi connectivity index (χ3n) is 10.6. The Morgan fingerprint density at radius 2 is 1.65 bits per heavy atom. The number of fused-ring (bicyclic) bond motifs is 2. The third kappa shape index (κ3) is 3.96. The number of carbonyl (C=O) groups is 4. The van der Waals surface area contributed by atoms with Crippen LogP contribution >= 0.6 is 0 Å². The maximum absolute atomic E-state index is 14.4. The molecular weight excluding hydrogens is 586 g/mol. The van der Waals surface area contributed by atoms with Crippen molar-refractivity contribution >= 4 is 58.7 Å². The normalized spacial score (nSPS) is 29.4. The van der Waals surface area contributed by atoms with Gasteiger partial charge < -0.3 is 9.84 Å². The number of aliphatic carboxylic acids is 1. The molecule has 5 atom stereocenters. The number of ketones is 2. The largest absolute Gasteiger partial charge is 0.481 e. The van der Waals surface area contributed by atoms with E-state index >= 15 is 0 Å². The maximum Gasteiger partial charge on any atom is 0.321 e. The van der Waals surface area contributed by atoms with Gasteiger partial charge in [-0.15, -0.1) is 0 Å². The number of allylic oxidation sites excluding steroid dienone is 2. The second-order valence-corrected chi connectivity index (χ2v) is 13.0. The first-order chi connectivity index (χ1) is 21.9. The summed E-state index contributed by atoms with van der Waals surface area (Å²) in [6.45, 7) is 11.6. The summed E-state index contributed by atoms with van der Waals surface area (Å²) in [6.07, 6.45) is 6.95. The average molecular weight is 624 g/mol. The highest BCUT2D eigenvalue weighted by Gasteiger charge is 2.50. The molecule has 0 radical (unpaired) electrons. The van der Waals surface area contributed by atoms with E-state index in [1.54, 1.807) is 6.92 Å². The average Bonchev–Trinajstić information content (AvgIpc) is 3.72. The quantitative estimate of drug-likeness (QED) is 0.285. The summed E-state index contributed by atoms with van der Waals surface area (Å²) in [5, 5.41) is 11.0. The van der Waals surface area contributed by atoms with Gasteiger partial charge in [-0.3, -0.25) is 29.2 Å². The van der Waals surface area contributed by atoms with E-state index in [-0.39, 0.29) is 48.1 Å². The van der Waals surface area contributed by atoms with Gasteiger partial charge in [0.2, 0.25) is 0 Å². The number of esters is 1. The number of aliphatic imine (C=N–C) groups is 2. The summed E-state index contributed by atoms with van der Waals surface area (Å²) in [5.74, 6) is -3.77. The maximum atomic E-state index is 14.4. The van der Waals surface area contributed by atoms with Gasteiger partial charge in [-0.05, 0) is 63.0 Å². The van der Waals surface area contributed by atoms with Gasteiger partial charge in [0.05, 0.1) is 40.5 Å². The zero-order chi connectivity index (χ0) is 32.9. The minimum Gasteiger partial charge on any atom is -0.481 e. The fourth-order valence-corrected chi connectivity index (χ4v) is 8.19. The minimum absolute atomic E-state index is 0.0925. The van der Waals surface area contributed by atoms with Crippen LogP contribution in [-0.2, 0) is 14.3 Å². The summed E-state index contributed by atoms with van der Waals surface area (Å²) < 4.78 is 8.88. The molecule has 6 heterocycles. The first kappa shape index (κ1) is 29.9. The van der Waals surface area contributed by atoms with E-state index in [1.165, 1.54) is 7.11 Å². The van der Waals surface area contributed by atoms with Crippen LogP contribution in [0, 0.1) is 43.4 Å². The number of carboxylic acid groups (broad SMARTS) is 1. The van der Waals surface area contributed by atoms with Crippen molar-refractivity contribution in [1.82, 2.24) is 9.35 Å². The van der Waals surface area contributed by atoms with Crippen molar-refractivity contribution < 1.29 is 29.0 Å². The molecule has 5 aliphatic rings. The predicted octanol–water partition coefficient (Wildman–Crippen LogP) is 3.43. The first-order valence-corrected chi connectivity index (χ1v) is 15.8. The van der Waals surface area contributed by atoms with Crippen LogP contribution in [0.25, 0.3) is 23.8 Å². The highest BCUT2D eigenvalue weighted by molar-refractivity contribution is 6.25. The molecule has 2 aromatic heterocycles. The summed E-state index contributed by atoms with van der Waals surface area (Å²) in [4.78, 5) is 63.1. The molecule has 0 spiro atoms. The molecule has 0 aromatic carbocycles. The Morgan fingerprint density at radius 1 is 0.978 bits per heavy atom. The SMILES string of the molecule is CC[C@H]1/C2=C/c3c(C)c4c5n3Nn3/c(c(C)c(C(C)=O)/c3=C/C(=N2)[C@@H]1C)=C\C1=NC(=C\5C(C(=O)OC)C4=O)/C(CCC(=O)O)[C@@H]1C. The van der Waals surface area contributed by atoms with E-state index in [0.717, 1.165) is 23.4 Å². The van der Waals surface area contributed by atoms with Crippen molar-refractivity contribution in [2.75, 3.05) is 12.6 Å². The van der Waals surface area contributed by atoms with Crippen molar-refractivity contribution in [2.45, 2.75) is 60.8 Å². The molecule has 0 fully saturated rings. The molecule has 1 aliphatic carbocycles. The van der Waals surface area contributed by atoms with Gasteiger partial charge in [0, 0.05) is 58.3 Å². The number of nitrogens with zero attached hydrogens (tertiary/aromatic N) is 4. The second-order valence-electron chi connectivity index (χ2n) is 13.0. The van der Waals surface area contributed by atoms with Crippen LogP contribution in [0.15, 0.2) is 21.4 Å². The Bertz CT molecular complexity index is 2070. The standard InChI is InChI=1S/C35H37N5O6/c1-8-19-14(2)21-12-26-28(18(6)41)16(4)24-11-22-15(3)20(9-10-27(42)43)32(37-22)30-31(35(45)46-7)34(44)29-17(5)25(13-23(19)36-21)40(33(29)30)38-39(24)26/h11-15,19-20,31,38H,8-10H2,1-7H3,(H,42,43)/b21-12?,22-11?,23-13-,24-11-,25-13?,26-12-,32-30-/t14-,15+,19-,20?,31?/m1/s1. The van der Waals surface area contributed by atoms with E-state index in [2.05, 4.69) is 19.4 Å². The monoisotopic (exact) mass is 623 g/mol. The topological polar surface area (TPSA) is 144 Å². The second kappa shape index (κ2) is 10.4. The van der Waals surface area contributed by atoms with Crippen molar-refractivity contribution in [3.05, 3.63) is 55.7 Å². The van der Waals surface area contributed by atoms with Crippen LogP contribution in [-0.4, -0.2) is 56.5 Å². The number of carboxylic acids is 1. The molecule has 6 bridgehead atoms. The molecule has 0 amide bonds. The first-order valence-electron chi connectivity index (χ1n) is 15.8. The van der Waals surface area contributed by atoms with E-state index in [0.29, 0.717) is 55.8 Å². The van der Waals surface area contributed by atoms with Crippen molar-refractivity contribution in [2.24, 2.45) is 39.6 Å². The van der Waals surface area contributed by atoms with Crippen molar-refractivity contribution in [3.63, 3.8) is 0 Å². The zero-order valence-electron chi connectivity index (χ0n) is 27.0. The number of nitrogens with one attached hydrogen (secondary N) is 1. The molecule has 11 nitrogen and oxygen atoms in total. The number of methoxy groups -OCH3 is 1. The van der Waals surface area contributed by atoms with Crippen LogP contribution in [0.3, 0.4) is 0 Å². The van der Waals surface area contributed by atoms with Gasteiger partial charge in [0.25, 0.3) is 0 Å². The van der Waals surface area contributed by atoms with Crippen LogP contribution in [0.5, 0.6) is 0 Å². The van der Waals surface area contributed by atoms with Crippen molar-refractivity contribution in [3.8, 4) is 0 Å². The van der Waals surface area contributed by atoms with Gasteiger partial charge in [0.1, 0.15) is 5.92 Å². The molecule has 11 heteroatoms. The number of hydrogen-bond acceptors (Lipinski definition) is 8. The number of rotatable bonds is 6. The lowest BCUT2D eigenvalue weighted by atomic mass is 9.83. The van der Waals surface area contributed by atoms with Crippen LogP contribution in [0.1, 0.15) is 90.2 Å². The van der Waals surface area contributed by atoms with E-state index in [1.807, 2.05) is 48.4 Å². The lowest BCUT2D eigenvalue weighted by Gasteiger charge is -2.22. The molecule has 2 unspecified atom stereocenters. The van der Waals surface area contributed by atoms with Crippen LogP contribution in [0.2, 0.25) is 0 Å². The summed E-state index contributed by atoms with van der Waals surface area (Å²) in [6, 6.07) is 0. The van der Waals surface area contributed by atoms with Gasteiger partial charge in [-0.2, -0.15) is 0 Å². The Labute approximate surface area is 265 Å². The summed E-state index contributed by atoms with van der Waals surface area (Å²) in [5.41, 5.74) is 10.5. The van der Waals surface area contributed by atoms with Gasteiger partial charge >= 0.3 is 11.9 Å². The molecule has 7 rings (SSSR count).